The molecule has 2 heteroatoms. The molecule has 22 heavy (non-hydrogen) atoms. The molecule has 0 N–H and O–H groups in total. The average Bonchev–Trinajstić information content (AvgIpc) is 3.28. The average molecular weight is 293 g/mol. The molecule has 0 saturated heterocycles. The fraction of sp³-hybridized carbons (Fsp3) is 0.400. The highest BCUT2D eigenvalue weighted by atomic mass is 16.5. The van der Waals surface area contributed by atoms with Gasteiger partial charge in [0.1, 0.15) is 0 Å². The Hall–Kier alpha value is -1.80. The summed E-state index contributed by atoms with van der Waals surface area (Å²) in [5, 5.41) is 0. The van der Waals surface area contributed by atoms with E-state index < -0.39 is 0 Å². The van der Waals surface area contributed by atoms with E-state index in [-0.39, 0.29) is 0 Å². The van der Waals surface area contributed by atoms with Gasteiger partial charge >= 0.3 is 0 Å². The van der Waals surface area contributed by atoms with Crippen molar-refractivity contribution in [1.29, 1.82) is 0 Å². The van der Waals surface area contributed by atoms with Gasteiger partial charge in [0.05, 0.1) is 12.7 Å². The summed E-state index contributed by atoms with van der Waals surface area (Å²) >= 11 is 0. The summed E-state index contributed by atoms with van der Waals surface area (Å²) in [4.78, 5) is 2.39. The van der Waals surface area contributed by atoms with Gasteiger partial charge in [0.25, 0.3) is 0 Å². The first-order chi connectivity index (χ1) is 10.8. The molecule has 2 aromatic carbocycles. The van der Waals surface area contributed by atoms with Crippen LogP contribution in [0.2, 0.25) is 0 Å². The number of rotatable bonds is 2. The van der Waals surface area contributed by atoms with Crippen LogP contribution in [0.3, 0.4) is 0 Å². The lowest BCUT2D eigenvalue weighted by Gasteiger charge is -2.34. The van der Waals surface area contributed by atoms with E-state index in [1.165, 1.54) is 29.8 Å². The van der Waals surface area contributed by atoms with E-state index in [1.54, 1.807) is 0 Å². The van der Waals surface area contributed by atoms with E-state index in [9.17, 15) is 0 Å². The second-order valence-electron chi connectivity index (χ2n) is 6.83. The number of hydrogen-bond donors (Lipinski definition) is 0. The van der Waals surface area contributed by atoms with Crippen molar-refractivity contribution < 1.29 is 4.74 Å². The number of anilines is 2. The van der Waals surface area contributed by atoms with E-state index in [1.807, 2.05) is 0 Å². The van der Waals surface area contributed by atoms with Crippen LogP contribution < -0.4 is 4.90 Å². The Morgan fingerprint density at radius 1 is 1.00 bits per heavy atom. The fourth-order valence-corrected chi connectivity index (χ4v) is 3.45. The van der Waals surface area contributed by atoms with Gasteiger partial charge in [-0.15, -0.1) is 0 Å². The first kappa shape index (κ1) is 13.8. The van der Waals surface area contributed by atoms with Gasteiger partial charge in [-0.05, 0) is 42.0 Å². The fourth-order valence-electron chi connectivity index (χ4n) is 3.45. The summed E-state index contributed by atoms with van der Waals surface area (Å²) in [5.74, 6) is 0. The lowest BCUT2D eigenvalue weighted by atomic mass is 9.93. The SMILES string of the molecule is CC1(C2Cc3ccccc3N(c3ccccc3)CCO2)CC1. The predicted molar refractivity (Wildman–Crippen MR) is 90.7 cm³/mol. The van der Waals surface area contributed by atoms with E-state index in [0.29, 0.717) is 11.5 Å². The van der Waals surface area contributed by atoms with Gasteiger partial charge in [-0.25, -0.2) is 0 Å². The van der Waals surface area contributed by atoms with Crippen LogP contribution in [-0.4, -0.2) is 19.3 Å². The maximum absolute atomic E-state index is 6.28. The van der Waals surface area contributed by atoms with E-state index in [2.05, 4.69) is 66.4 Å². The smallest absolute Gasteiger partial charge is 0.0670 e. The molecule has 1 aliphatic carbocycles. The molecule has 1 heterocycles. The minimum Gasteiger partial charge on any atom is -0.375 e. The topological polar surface area (TPSA) is 12.5 Å². The Morgan fingerprint density at radius 2 is 1.73 bits per heavy atom. The normalized spacial score (nSPS) is 23.3. The number of fused-ring (bicyclic) bond motifs is 1. The summed E-state index contributed by atoms with van der Waals surface area (Å²) in [7, 11) is 0. The molecule has 1 atom stereocenters. The molecule has 1 fully saturated rings. The third-order valence-corrected chi connectivity index (χ3v) is 5.21. The Labute approximate surface area is 132 Å². The first-order valence-electron chi connectivity index (χ1n) is 8.28. The van der Waals surface area contributed by atoms with Gasteiger partial charge in [-0.2, -0.15) is 0 Å². The summed E-state index contributed by atoms with van der Waals surface area (Å²) < 4.78 is 6.28. The van der Waals surface area contributed by atoms with E-state index >= 15 is 0 Å². The standard InChI is InChI=1S/C20H23NO/c1-20(11-12-20)19-15-16-7-5-6-10-18(16)21(13-14-22-19)17-8-3-2-4-9-17/h2-10,19H,11-15H2,1H3. The van der Waals surface area contributed by atoms with Crippen molar-refractivity contribution in [3.8, 4) is 0 Å². The molecule has 0 radical (unpaired) electrons. The minimum atomic E-state index is 0.367. The van der Waals surface area contributed by atoms with Crippen molar-refractivity contribution in [3.05, 3.63) is 60.2 Å². The zero-order valence-corrected chi connectivity index (χ0v) is 13.2. The highest BCUT2D eigenvalue weighted by Crippen LogP contribution is 2.51. The van der Waals surface area contributed by atoms with Gasteiger partial charge < -0.3 is 9.64 Å². The van der Waals surface area contributed by atoms with Crippen molar-refractivity contribution in [2.24, 2.45) is 5.41 Å². The van der Waals surface area contributed by atoms with Crippen molar-refractivity contribution in [3.63, 3.8) is 0 Å². The molecular formula is C20H23NO. The predicted octanol–water partition coefficient (Wildman–Crippen LogP) is 4.57. The molecular weight excluding hydrogens is 270 g/mol. The Morgan fingerprint density at radius 3 is 2.50 bits per heavy atom. The first-order valence-corrected chi connectivity index (χ1v) is 8.28. The molecule has 1 unspecified atom stereocenters. The molecule has 2 aliphatic rings. The van der Waals surface area contributed by atoms with Crippen LogP contribution in [-0.2, 0) is 11.2 Å². The third-order valence-electron chi connectivity index (χ3n) is 5.21. The van der Waals surface area contributed by atoms with Gasteiger partial charge in [-0.3, -0.25) is 0 Å². The molecule has 0 bridgehead atoms. The largest absolute Gasteiger partial charge is 0.375 e. The van der Waals surface area contributed by atoms with Gasteiger partial charge in [-0.1, -0.05) is 43.3 Å². The van der Waals surface area contributed by atoms with Crippen molar-refractivity contribution in [2.75, 3.05) is 18.1 Å². The van der Waals surface area contributed by atoms with Crippen molar-refractivity contribution in [2.45, 2.75) is 32.3 Å². The van der Waals surface area contributed by atoms with Crippen LogP contribution in [0.25, 0.3) is 0 Å². The molecule has 1 saturated carbocycles. The zero-order chi connectivity index (χ0) is 15.0. The molecule has 0 aromatic heterocycles. The maximum Gasteiger partial charge on any atom is 0.0670 e. The summed E-state index contributed by atoms with van der Waals surface area (Å²) in [6.07, 6.45) is 4.01. The highest BCUT2D eigenvalue weighted by Gasteiger charge is 2.46. The van der Waals surface area contributed by atoms with E-state index in [0.717, 1.165) is 19.6 Å². The Balaban J connectivity index is 1.71. The summed E-state index contributed by atoms with van der Waals surface area (Å²) in [6, 6.07) is 19.4. The monoisotopic (exact) mass is 293 g/mol. The quantitative estimate of drug-likeness (QED) is 0.804. The molecule has 4 rings (SSSR count). The van der Waals surface area contributed by atoms with Crippen molar-refractivity contribution in [1.82, 2.24) is 0 Å². The molecule has 2 nitrogen and oxygen atoms in total. The number of benzene rings is 2. The number of ether oxygens (including phenoxy) is 1. The minimum absolute atomic E-state index is 0.367. The number of para-hydroxylation sites is 2. The van der Waals surface area contributed by atoms with E-state index in [4.69, 9.17) is 4.74 Å². The van der Waals surface area contributed by atoms with Crippen LogP contribution in [0, 0.1) is 5.41 Å². The molecule has 2 aromatic rings. The number of nitrogens with zero attached hydrogens (tertiary/aromatic N) is 1. The molecule has 0 amide bonds. The van der Waals surface area contributed by atoms with Crippen LogP contribution in [0.5, 0.6) is 0 Å². The zero-order valence-electron chi connectivity index (χ0n) is 13.2. The van der Waals surface area contributed by atoms with Gasteiger partial charge in [0.2, 0.25) is 0 Å². The molecule has 0 spiro atoms. The van der Waals surface area contributed by atoms with Gasteiger partial charge in [0.15, 0.2) is 0 Å². The lowest BCUT2D eigenvalue weighted by Crippen LogP contribution is -2.34. The van der Waals surface area contributed by atoms with Gasteiger partial charge in [0, 0.05) is 24.3 Å². The summed E-state index contributed by atoms with van der Waals surface area (Å²) in [5.41, 5.74) is 4.40. The molecule has 114 valence electrons. The summed E-state index contributed by atoms with van der Waals surface area (Å²) in [6.45, 7) is 4.08. The second-order valence-corrected chi connectivity index (χ2v) is 6.83. The van der Waals surface area contributed by atoms with Crippen LogP contribution >= 0.6 is 0 Å². The van der Waals surface area contributed by atoms with Crippen LogP contribution in [0.1, 0.15) is 25.3 Å². The van der Waals surface area contributed by atoms with Crippen LogP contribution in [0.4, 0.5) is 11.4 Å². The van der Waals surface area contributed by atoms with Crippen molar-refractivity contribution >= 4 is 11.4 Å². The second kappa shape index (κ2) is 5.44. The number of hydrogen-bond acceptors (Lipinski definition) is 2. The Bertz CT molecular complexity index is 648. The maximum atomic E-state index is 6.28. The molecule has 1 aliphatic heterocycles. The highest BCUT2D eigenvalue weighted by molar-refractivity contribution is 5.66. The third kappa shape index (κ3) is 2.52. The van der Waals surface area contributed by atoms with Crippen LogP contribution in [0.15, 0.2) is 54.6 Å². The lowest BCUT2D eigenvalue weighted by molar-refractivity contribution is 0.0110. The Kier molecular flexibility index (Phi) is 3.42.